The molecule has 0 amide bonds. The van der Waals surface area contributed by atoms with Crippen LogP contribution >= 0.6 is 0 Å². The van der Waals surface area contributed by atoms with Crippen molar-refractivity contribution in [1.82, 2.24) is 10.2 Å². The minimum absolute atomic E-state index is 0.735. The topological polar surface area (TPSA) is 15.3 Å². The van der Waals surface area contributed by atoms with Crippen LogP contribution < -0.4 is 5.32 Å². The Balaban J connectivity index is 2.05. The molecule has 72 valence electrons. The van der Waals surface area contributed by atoms with Crippen molar-refractivity contribution in [2.75, 3.05) is 26.2 Å². The maximum atomic E-state index is 3.47. The molecule has 0 saturated carbocycles. The molecule has 0 aromatic heterocycles. The Morgan fingerprint density at radius 1 is 1.33 bits per heavy atom. The van der Waals surface area contributed by atoms with Gasteiger partial charge in [-0.1, -0.05) is 6.92 Å². The molecule has 1 fully saturated rings. The van der Waals surface area contributed by atoms with Gasteiger partial charge in [0.15, 0.2) is 0 Å². The van der Waals surface area contributed by atoms with E-state index in [2.05, 4.69) is 24.1 Å². The summed E-state index contributed by atoms with van der Waals surface area (Å²) in [4.78, 5) is 2.59. The van der Waals surface area contributed by atoms with E-state index in [-0.39, 0.29) is 0 Å². The summed E-state index contributed by atoms with van der Waals surface area (Å²) in [6, 6.07) is 0.735. The van der Waals surface area contributed by atoms with Crippen molar-refractivity contribution in [1.29, 1.82) is 0 Å². The summed E-state index contributed by atoms with van der Waals surface area (Å²) in [5, 5.41) is 3.47. The molecule has 1 aliphatic rings. The lowest BCUT2D eigenvalue weighted by Crippen LogP contribution is -2.38. The number of nitrogens with one attached hydrogen (secondary N) is 1. The van der Waals surface area contributed by atoms with E-state index in [1.807, 2.05) is 0 Å². The normalized spacial score (nSPS) is 21.5. The highest BCUT2D eigenvalue weighted by Crippen LogP contribution is 2.10. The molecule has 0 aromatic carbocycles. The first-order valence-corrected chi connectivity index (χ1v) is 5.29. The predicted octanol–water partition coefficient (Wildman–Crippen LogP) is 1.47. The van der Waals surface area contributed by atoms with Gasteiger partial charge in [0.05, 0.1) is 0 Å². The smallest absolute Gasteiger partial charge is 0.0192 e. The van der Waals surface area contributed by atoms with Crippen LogP contribution in [0.5, 0.6) is 0 Å². The van der Waals surface area contributed by atoms with Gasteiger partial charge in [-0.3, -0.25) is 4.90 Å². The molecule has 0 bridgehead atoms. The molecule has 2 heteroatoms. The van der Waals surface area contributed by atoms with Crippen LogP contribution in [-0.4, -0.2) is 37.1 Å². The maximum Gasteiger partial charge on any atom is 0.0192 e. The Hall–Kier alpha value is -0.0800. The van der Waals surface area contributed by atoms with Gasteiger partial charge in [0.25, 0.3) is 0 Å². The highest BCUT2D eigenvalue weighted by molar-refractivity contribution is 4.74. The van der Waals surface area contributed by atoms with Gasteiger partial charge in [-0.05, 0) is 45.8 Å². The van der Waals surface area contributed by atoms with Gasteiger partial charge in [-0.25, -0.2) is 0 Å². The van der Waals surface area contributed by atoms with Crippen molar-refractivity contribution < 1.29 is 0 Å². The van der Waals surface area contributed by atoms with Gasteiger partial charge in [-0.15, -0.1) is 0 Å². The van der Waals surface area contributed by atoms with Crippen LogP contribution in [0.1, 0.15) is 33.1 Å². The van der Waals surface area contributed by atoms with E-state index in [1.165, 1.54) is 32.4 Å². The van der Waals surface area contributed by atoms with Crippen LogP contribution in [0.2, 0.25) is 0 Å². The van der Waals surface area contributed by atoms with Crippen LogP contribution in [0.25, 0.3) is 0 Å². The number of hydrogen-bond acceptors (Lipinski definition) is 2. The highest BCUT2D eigenvalue weighted by Gasteiger charge is 2.16. The third-order valence-electron chi connectivity index (χ3n) is 2.63. The van der Waals surface area contributed by atoms with E-state index in [0.717, 1.165) is 19.1 Å². The van der Waals surface area contributed by atoms with E-state index < -0.39 is 0 Å². The van der Waals surface area contributed by atoms with Gasteiger partial charge < -0.3 is 5.32 Å². The Bertz CT molecular complexity index is 108. The zero-order valence-electron chi connectivity index (χ0n) is 8.47. The van der Waals surface area contributed by atoms with Gasteiger partial charge in [0, 0.05) is 12.6 Å². The fourth-order valence-corrected chi connectivity index (χ4v) is 1.80. The quantitative estimate of drug-likeness (QED) is 0.629. The zero-order chi connectivity index (χ0) is 8.81. The monoisotopic (exact) mass is 170 g/mol. The van der Waals surface area contributed by atoms with E-state index in [0.29, 0.717) is 0 Å². The minimum Gasteiger partial charge on any atom is -0.315 e. The van der Waals surface area contributed by atoms with Crippen LogP contribution in [0, 0.1) is 0 Å². The summed E-state index contributed by atoms with van der Waals surface area (Å²) in [5.41, 5.74) is 0. The molecule has 0 spiro atoms. The van der Waals surface area contributed by atoms with Gasteiger partial charge in [0.1, 0.15) is 0 Å². The molecule has 0 aliphatic carbocycles. The molecule has 12 heavy (non-hydrogen) atoms. The van der Waals surface area contributed by atoms with Gasteiger partial charge >= 0.3 is 0 Å². The van der Waals surface area contributed by atoms with Crippen molar-refractivity contribution in [3.63, 3.8) is 0 Å². The number of rotatable bonds is 5. The summed E-state index contributed by atoms with van der Waals surface area (Å²) in [5.74, 6) is 0. The fraction of sp³-hybridized carbons (Fsp3) is 1.00. The zero-order valence-corrected chi connectivity index (χ0v) is 8.47. The van der Waals surface area contributed by atoms with Crippen LogP contribution in [0.4, 0.5) is 0 Å². The first-order valence-electron chi connectivity index (χ1n) is 5.29. The van der Waals surface area contributed by atoms with Crippen molar-refractivity contribution in [3.8, 4) is 0 Å². The molecule has 1 atom stereocenters. The maximum absolute atomic E-state index is 3.47. The van der Waals surface area contributed by atoms with Crippen molar-refractivity contribution in [2.45, 2.75) is 39.2 Å². The molecular formula is C10H22N2. The van der Waals surface area contributed by atoms with Crippen molar-refractivity contribution in [2.24, 2.45) is 0 Å². The predicted molar refractivity (Wildman–Crippen MR) is 53.4 cm³/mol. The second-order valence-electron chi connectivity index (χ2n) is 3.80. The van der Waals surface area contributed by atoms with Gasteiger partial charge in [0.2, 0.25) is 0 Å². The average molecular weight is 170 g/mol. The van der Waals surface area contributed by atoms with E-state index in [4.69, 9.17) is 0 Å². The van der Waals surface area contributed by atoms with Gasteiger partial charge in [-0.2, -0.15) is 0 Å². The van der Waals surface area contributed by atoms with Crippen molar-refractivity contribution in [3.05, 3.63) is 0 Å². The van der Waals surface area contributed by atoms with Crippen LogP contribution in [0.15, 0.2) is 0 Å². The molecule has 1 saturated heterocycles. The molecule has 1 N–H and O–H groups in total. The lowest BCUT2D eigenvalue weighted by Gasteiger charge is -2.23. The Morgan fingerprint density at radius 2 is 2.00 bits per heavy atom. The summed E-state index contributed by atoms with van der Waals surface area (Å²) < 4.78 is 0. The SMILES string of the molecule is CCCNC[C@@H](C)N1CCCC1. The Morgan fingerprint density at radius 3 is 2.58 bits per heavy atom. The number of nitrogens with zero attached hydrogens (tertiary/aromatic N) is 1. The van der Waals surface area contributed by atoms with Crippen LogP contribution in [0.3, 0.4) is 0 Å². The van der Waals surface area contributed by atoms with E-state index in [1.54, 1.807) is 0 Å². The average Bonchev–Trinajstić information content (AvgIpc) is 2.56. The Kier molecular flexibility index (Phi) is 4.62. The lowest BCUT2D eigenvalue weighted by molar-refractivity contribution is 0.252. The van der Waals surface area contributed by atoms with Crippen LogP contribution in [-0.2, 0) is 0 Å². The molecule has 0 aromatic rings. The summed E-state index contributed by atoms with van der Waals surface area (Å²) >= 11 is 0. The fourth-order valence-electron chi connectivity index (χ4n) is 1.80. The number of likely N-dealkylation sites (tertiary alicyclic amines) is 1. The minimum atomic E-state index is 0.735. The summed E-state index contributed by atoms with van der Waals surface area (Å²) in [6.07, 6.45) is 4.04. The third-order valence-corrected chi connectivity index (χ3v) is 2.63. The second-order valence-corrected chi connectivity index (χ2v) is 3.80. The van der Waals surface area contributed by atoms with E-state index >= 15 is 0 Å². The lowest BCUT2D eigenvalue weighted by atomic mass is 10.3. The Labute approximate surface area is 76.3 Å². The molecule has 1 aliphatic heterocycles. The van der Waals surface area contributed by atoms with Crippen molar-refractivity contribution >= 4 is 0 Å². The molecule has 2 nitrogen and oxygen atoms in total. The van der Waals surface area contributed by atoms with E-state index in [9.17, 15) is 0 Å². The second kappa shape index (κ2) is 5.55. The summed E-state index contributed by atoms with van der Waals surface area (Å²) in [7, 11) is 0. The summed E-state index contributed by atoms with van der Waals surface area (Å²) in [6.45, 7) is 9.50. The first-order chi connectivity index (χ1) is 5.84. The first kappa shape index (κ1) is 10.0. The molecule has 0 radical (unpaired) electrons. The molecular weight excluding hydrogens is 148 g/mol. The molecule has 0 unspecified atom stereocenters. The number of hydrogen-bond donors (Lipinski definition) is 1. The molecule has 1 heterocycles. The third kappa shape index (κ3) is 3.11. The molecule has 1 rings (SSSR count). The largest absolute Gasteiger partial charge is 0.315 e. The standard InChI is InChI=1S/C10H22N2/c1-3-6-11-9-10(2)12-7-4-5-8-12/h10-11H,3-9H2,1-2H3/t10-/m1/s1. The highest BCUT2D eigenvalue weighted by atomic mass is 15.2.